The molecule has 3 rings (SSSR count). The maximum atomic E-state index is 12.7. The minimum Gasteiger partial charge on any atom is -0.434 e. The zero-order valence-corrected chi connectivity index (χ0v) is 14.3. The van der Waals surface area contributed by atoms with Crippen molar-refractivity contribution in [3.8, 4) is 11.6 Å². The molecule has 1 aromatic heterocycles. The van der Waals surface area contributed by atoms with Crippen molar-refractivity contribution < 1.29 is 22.7 Å². The summed E-state index contributed by atoms with van der Waals surface area (Å²) in [7, 11) is 0. The smallest absolute Gasteiger partial charge is 0.416 e. The van der Waals surface area contributed by atoms with Crippen molar-refractivity contribution in [1.82, 2.24) is 15.1 Å². The van der Waals surface area contributed by atoms with Crippen molar-refractivity contribution in [3.05, 3.63) is 39.5 Å². The number of carbonyl (C=O) groups is 1. The molecule has 1 amide bonds. The van der Waals surface area contributed by atoms with E-state index >= 15 is 0 Å². The van der Waals surface area contributed by atoms with Crippen LogP contribution in [0.5, 0.6) is 11.6 Å². The van der Waals surface area contributed by atoms with Crippen LogP contribution in [-0.4, -0.2) is 21.9 Å². The quantitative estimate of drug-likeness (QED) is 0.795. The Morgan fingerprint density at radius 3 is 2.40 bits per heavy atom. The van der Waals surface area contributed by atoms with Gasteiger partial charge in [-0.3, -0.25) is 0 Å². The summed E-state index contributed by atoms with van der Waals surface area (Å²) in [4.78, 5) is 12.0. The predicted molar refractivity (Wildman–Crippen MR) is 85.5 cm³/mol. The lowest BCUT2D eigenvalue weighted by atomic mass is 10.2. The van der Waals surface area contributed by atoms with Gasteiger partial charge in [-0.25, -0.2) is 4.79 Å². The fourth-order valence-electron chi connectivity index (χ4n) is 2.09. The largest absolute Gasteiger partial charge is 0.434 e. The summed E-state index contributed by atoms with van der Waals surface area (Å²) in [5, 5.41) is 6.12. The maximum absolute atomic E-state index is 12.7. The number of rotatable bonds is 3. The number of halogens is 5. The number of ether oxygens (including phenoxy) is 1. The molecule has 1 saturated carbocycles. The second-order valence-corrected chi connectivity index (χ2v) is 6.44. The molecular formula is C15H12Cl2F3N3O2. The van der Waals surface area contributed by atoms with Crippen molar-refractivity contribution in [2.24, 2.45) is 0 Å². The molecule has 1 aromatic carbocycles. The molecule has 25 heavy (non-hydrogen) atoms. The third kappa shape index (κ3) is 4.01. The van der Waals surface area contributed by atoms with E-state index in [1.54, 1.807) is 6.92 Å². The van der Waals surface area contributed by atoms with Crippen LogP contribution in [0.1, 0.15) is 24.1 Å². The van der Waals surface area contributed by atoms with E-state index in [-0.39, 0.29) is 27.7 Å². The molecule has 1 N–H and O–H groups in total. The van der Waals surface area contributed by atoms with Gasteiger partial charge in [0, 0.05) is 12.1 Å². The zero-order chi connectivity index (χ0) is 18.4. The highest BCUT2D eigenvalue weighted by Gasteiger charge is 2.32. The number of benzene rings is 1. The molecule has 134 valence electrons. The Balaban J connectivity index is 1.84. The molecule has 0 spiro atoms. The first-order valence-electron chi connectivity index (χ1n) is 7.27. The number of carbonyl (C=O) groups excluding carboxylic acids is 1. The first-order chi connectivity index (χ1) is 11.6. The molecule has 1 heterocycles. The van der Waals surface area contributed by atoms with Crippen molar-refractivity contribution in [2.45, 2.75) is 32.0 Å². The fourth-order valence-corrected chi connectivity index (χ4v) is 2.65. The number of hydrogen-bond acceptors (Lipinski definition) is 3. The topological polar surface area (TPSA) is 56.2 Å². The highest BCUT2D eigenvalue weighted by molar-refractivity contribution is 6.37. The van der Waals surface area contributed by atoms with E-state index in [1.807, 2.05) is 0 Å². The van der Waals surface area contributed by atoms with E-state index in [0.717, 1.165) is 17.5 Å². The van der Waals surface area contributed by atoms with Gasteiger partial charge in [-0.1, -0.05) is 23.2 Å². The van der Waals surface area contributed by atoms with Gasteiger partial charge in [-0.05, 0) is 31.9 Å². The van der Waals surface area contributed by atoms with Crippen LogP contribution >= 0.6 is 23.2 Å². The Bertz CT molecular complexity index is 809. The number of aryl methyl sites for hydroxylation is 1. The van der Waals surface area contributed by atoms with Crippen LogP contribution in [0.15, 0.2) is 18.2 Å². The first kappa shape index (κ1) is 17.9. The Morgan fingerprint density at radius 2 is 1.88 bits per heavy atom. The third-order valence-electron chi connectivity index (χ3n) is 3.49. The summed E-state index contributed by atoms with van der Waals surface area (Å²) in [5.41, 5.74) is -0.493. The van der Waals surface area contributed by atoms with Gasteiger partial charge in [0.05, 0.1) is 21.3 Å². The summed E-state index contributed by atoms with van der Waals surface area (Å²) < 4.78 is 44.7. The lowest BCUT2D eigenvalue weighted by molar-refractivity contribution is -0.137. The van der Waals surface area contributed by atoms with Gasteiger partial charge in [0.2, 0.25) is 5.88 Å². The Kier molecular flexibility index (Phi) is 4.59. The molecule has 10 heteroatoms. The molecule has 0 saturated heterocycles. The van der Waals surface area contributed by atoms with E-state index in [9.17, 15) is 18.0 Å². The van der Waals surface area contributed by atoms with Crippen LogP contribution in [0.25, 0.3) is 0 Å². The zero-order valence-electron chi connectivity index (χ0n) is 12.8. The Hall–Kier alpha value is -1.93. The monoisotopic (exact) mass is 393 g/mol. The second kappa shape index (κ2) is 6.42. The molecular weight excluding hydrogens is 382 g/mol. The average molecular weight is 394 g/mol. The minimum atomic E-state index is -4.58. The Morgan fingerprint density at radius 1 is 1.28 bits per heavy atom. The van der Waals surface area contributed by atoms with Crippen molar-refractivity contribution >= 4 is 29.2 Å². The van der Waals surface area contributed by atoms with Crippen LogP contribution in [-0.2, 0) is 6.18 Å². The molecule has 0 bridgehead atoms. The van der Waals surface area contributed by atoms with E-state index in [4.69, 9.17) is 27.9 Å². The highest BCUT2D eigenvalue weighted by atomic mass is 35.5. The molecule has 0 atom stereocenters. The lowest BCUT2D eigenvalue weighted by Gasteiger charge is -2.11. The van der Waals surface area contributed by atoms with Crippen LogP contribution in [0, 0.1) is 6.92 Å². The van der Waals surface area contributed by atoms with Crippen LogP contribution in [0.4, 0.5) is 18.0 Å². The van der Waals surface area contributed by atoms with Crippen molar-refractivity contribution in [1.29, 1.82) is 0 Å². The molecule has 0 aliphatic heterocycles. The summed E-state index contributed by atoms with van der Waals surface area (Å²) in [5.74, 6) is -0.171. The van der Waals surface area contributed by atoms with Crippen molar-refractivity contribution in [2.75, 3.05) is 0 Å². The van der Waals surface area contributed by atoms with E-state index < -0.39 is 17.8 Å². The summed E-state index contributed by atoms with van der Waals surface area (Å²) in [6.07, 6.45) is -2.73. The number of alkyl halides is 3. The number of nitrogens with zero attached hydrogens (tertiary/aromatic N) is 2. The van der Waals surface area contributed by atoms with E-state index in [2.05, 4.69) is 10.4 Å². The van der Waals surface area contributed by atoms with Crippen LogP contribution < -0.4 is 10.1 Å². The summed E-state index contributed by atoms with van der Waals surface area (Å²) in [6, 6.07) is 2.63. The summed E-state index contributed by atoms with van der Waals surface area (Å²) in [6.45, 7) is 1.64. The number of hydrogen-bond donors (Lipinski definition) is 1. The van der Waals surface area contributed by atoms with E-state index in [0.29, 0.717) is 17.8 Å². The van der Waals surface area contributed by atoms with Gasteiger partial charge in [-0.15, -0.1) is 5.10 Å². The molecule has 1 fully saturated rings. The standard InChI is InChI=1S/C15H12Cl2F3N3O2/c1-7-4-12(22-23(7)14(24)21-9-2-3-9)25-13-10(16)5-8(6-11(13)17)15(18,19)20/h4-6,9H,2-3H2,1H3,(H,21,24). The minimum absolute atomic E-state index is 0.00740. The van der Waals surface area contributed by atoms with Gasteiger partial charge >= 0.3 is 12.2 Å². The van der Waals surface area contributed by atoms with Gasteiger partial charge in [-0.2, -0.15) is 17.9 Å². The second-order valence-electron chi connectivity index (χ2n) is 5.63. The third-order valence-corrected chi connectivity index (χ3v) is 4.06. The highest BCUT2D eigenvalue weighted by Crippen LogP contribution is 2.41. The molecule has 1 aliphatic rings. The first-order valence-corrected chi connectivity index (χ1v) is 8.02. The van der Waals surface area contributed by atoms with Crippen LogP contribution in [0.3, 0.4) is 0 Å². The van der Waals surface area contributed by atoms with Gasteiger partial charge < -0.3 is 10.1 Å². The number of nitrogens with one attached hydrogen (secondary N) is 1. The fraction of sp³-hybridized carbons (Fsp3) is 0.333. The van der Waals surface area contributed by atoms with Gasteiger partial charge in [0.15, 0.2) is 5.75 Å². The predicted octanol–water partition coefficient (Wildman–Crippen LogP) is 5.03. The molecule has 0 radical (unpaired) electrons. The maximum Gasteiger partial charge on any atom is 0.416 e. The van der Waals surface area contributed by atoms with E-state index in [1.165, 1.54) is 6.07 Å². The van der Waals surface area contributed by atoms with Crippen LogP contribution in [0.2, 0.25) is 10.0 Å². The number of aromatic nitrogens is 2. The molecule has 2 aromatic rings. The molecule has 0 unspecified atom stereocenters. The normalized spacial score (nSPS) is 14.5. The lowest BCUT2D eigenvalue weighted by Crippen LogP contribution is -2.31. The summed E-state index contributed by atoms with van der Waals surface area (Å²) >= 11 is 11.7. The molecule has 5 nitrogen and oxygen atoms in total. The number of amides is 1. The average Bonchev–Trinajstić information content (AvgIpc) is 3.22. The van der Waals surface area contributed by atoms with Gasteiger partial charge in [0.1, 0.15) is 0 Å². The Labute approximate surface area is 150 Å². The van der Waals surface area contributed by atoms with Gasteiger partial charge in [0.25, 0.3) is 0 Å². The van der Waals surface area contributed by atoms with Crippen molar-refractivity contribution in [3.63, 3.8) is 0 Å². The SMILES string of the molecule is Cc1cc(Oc2c(Cl)cc(C(F)(F)F)cc2Cl)nn1C(=O)NC1CC1. The molecule has 1 aliphatic carbocycles.